The molecule has 1 aromatic heterocycles. The van der Waals surface area contributed by atoms with E-state index in [0.29, 0.717) is 28.7 Å². The van der Waals surface area contributed by atoms with Crippen LogP contribution in [0.2, 0.25) is 5.02 Å². The number of aromatic nitrogens is 2. The van der Waals surface area contributed by atoms with E-state index in [2.05, 4.69) is 5.10 Å². The van der Waals surface area contributed by atoms with Gasteiger partial charge in [-0.3, -0.25) is 4.68 Å². The Morgan fingerprint density at radius 3 is 2.46 bits per heavy atom. The first kappa shape index (κ1) is 16.4. The lowest BCUT2D eigenvalue weighted by Gasteiger charge is -2.04. The minimum Gasteiger partial charge on any atom is -0.504 e. The van der Waals surface area contributed by atoms with Crippen LogP contribution in [0, 0.1) is 5.82 Å². The molecule has 0 amide bonds. The molecule has 4 aromatic rings. The summed E-state index contributed by atoms with van der Waals surface area (Å²) < 4.78 is 15.7. The zero-order valence-corrected chi connectivity index (χ0v) is 14.3. The smallest absolute Gasteiger partial charge is 0.158 e. The molecule has 130 valence electrons. The van der Waals surface area contributed by atoms with Gasteiger partial charge in [0.2, 0.25) is 0 Å². The summed E-state index contributed by atoms with van der Waals surface area (Å²) in [7, 11) is 0. The van der Waals surface area contributed by atoms with Gasteiger partial charge in [0.25, 0.3) is 0 Å². The Hall–Kier alpha value is -3.05. The van der Waals surface area contributed by atoms with Gasteiger partial charge in [0.15, 0.2) is 11.5 Å². The van der Waals surface area contributed by atoms with Crippen molar-refractivity contribution in [2.24, 2.45) is 0 Å². The second kappa shape index (κ2) is 6.35. The molecular formula is C20H14ClFN2O2. The monoisotopic (exact) mass is 368 g/mol. The summed E-state index contributed by atoms with van der Waals surface area (Å²) in [6.07, 6.45) is 0. The number of fused-ring (bicyclic) bond motifs is 1. The molecule has 0 radical (unpaired) electrons. The van der Waals surface area contributed by atoms with E-state index in [1.165, 1.54) is 24.3 Å². The first-order valence-electron chi connectivity index (χ1n) is 7.95. The average Bonchev–Trinajstić information content (AvgIpc) is 2.96. The van der Waals surface area contributed by atoms with Crippen molar-refractivity contribution in [3.05, 3.63) is 77.1 Å². The summed E-state index contributed by atoms with van der Waals surface area (Å²) in [6.45, 7) is 0.461. The molecule has 0 aliphatic heterocycles. The van der Waals surface area contributed by atoms with Crippen LogP contribution in [0.5, 0.6) is 11.5 Å². The second-order valence-electron chi connectivity index (χ2n) is 5.98. The van der Waals surface area contributed by atoms with E-state index in [-0.39, 0.29) is 16.5 Å². The van der Waals surface area contributed by atoms with Crippen LogP contribution >= 0.6 is 11.6 Å². The summed E-state index contributed by atoms with van der Waals surface area (Å²) in [5, 5.41) is 24.6. The summed E-state index contributed by atoms with van der Waals surface area (Å²) in [5.74, 6) is -0.985. The van der Waals surface area contributed by atoms with Gasteiger partial charge in [-0.15, -0.1) is 0 Å². The van der Waals surface area contributed by atoms with Gasteiger partial charge in [-0.05, 0) is 29.8 Å². The van der Waals surface area contributed by atoms with Crippen LogP contribution in [0.3, 0.4) is 0 Å². The molecule has 2 N–H and O–H groups in total. The van der Waals surface area contributed by atoms with Crippen molar-refractivity contribution in [1.82, 2.24) is 9.78 Å². The summed E-state index contributed by atoms with van der Waals surface area (Å²) in [6, 6.07) is 17.0. The third kappa shape index (κ3) is 2.86. The maximum absolute atomic E-state index is 14.1. The van der Waals surface area contributed by atoms with Gasteiger partial charge in [-0.25, -0.2) is 4.39 Å². The Balaban J connectivity index is 1.92. The zero-order valence-electron chi connectivity index (χ0n) is 13.5. The van der Waals surface area contributed by atoms with Gasteiger partial charge in [0, 0.05) is 17.0 Å². The van der Waals surface area contributed by atoms with Gasteiger partial charge < -0.3 is 10.2 Å². The highest BCUT2D eigenvalue weighted by Crippen LogP contribution is 2.35. The number of phenols is 2. The van der Waals surface area contributed by atoms with Gasteiger partial charge >= 0.3 is 0 Å². The van der Waals surface area contributed by atoms with Crippen molar-refractivity contribution in [3.8, 4) is 22.8 Å². The van der Waals surface area contributed by atoms with Crippen molar-refractivity contribution >= 4 is 22.5 Å². The van der Waals surface area contributed by atoms with Gasteiger partial charge in [-0.2, -0.15) is 5.10 Å². The fourth-order valence-corrected chi connectivity index (χ4v) is 3.09. The molecule has 0 spiro atoms. The molecule has 0 saturated carbocycles. The lowest BCUT2D eigenvalue weighted by Crippen LogP contribution is -2.01. The molecule has 1 heterocycles. The van der Waals surface area contributed by atoms with Gasteiger partial charge in [0.05, 0.1) is 17.1 Å². The standard InChI is InChI=1S/C20H14ClFN2O2/c21-15-9-14-17(10-16(15)22)24(11-12-4-2-1-3-5-12)23-20(14)13-6-7-18(25)19(26)8-13/h1-10,25-26H,11H2. The van der Waals surface area contributed by atoms with Crippen molar-refractivity contribution in [2.75, 3.05) is 0 Å². The van der Waals surface area contributed by atoms with Crippen LogP contribution in [0.15, 0.2) is 60.7 Å². The predicted molar refractivity (Wildman–Crippen MR) is 99.0 cm³/mol. The molecule has 26 heavy (non-hydrogen) atoms. The molecule has 3 aromatic carbocycles. The number of nitrogens with zero attached hydrogens (tertiary/aromatic N) is 2. The summed E-state index contributed by atoms with van der Waals surface area (Å²) >= 11 is 5.97. The first-order chi connectivity index (χ1) is 12.5. The topological polar surface area (TPSA) is 58.3 Å². The Kier molecular flexibility index (Phi) is 4.01. The minimum atomic E-state index is -0.520. The molecule has 0 aliphatic rings. The summed E-state index contributed by atoms with van der Waals surface area (Å²) in [5.41, 5.74) is 2.76. The SMILES string of the molecule is Oc1ccc(-c2nn(Cc3ccccc3)c3cc(F)c(Cl)cc23)cc1O. The van der Waals surface area contributed by atoms with Crippen LogP contribution in [-0.2, 0) is 6.54 Å². The Morgan fingerprint density at radius 1 is 0.962 bits per heavy atom. The maximum atomic E-state index is 14.1. The number of benzene rings is 3. The van der Waals surface area contributed by atoms with E-state index >= 15 is 0 Å². The molecule has 0 bridgehead atoms. The van der Waals surface area contributed by atoms with E-state index in [9.17, 15) is 14.6 Å². The van der Waals surface area contributed by atoms with Crippen molar-refractivity contribution < 1.29 is 14.6 Å². The van der Waals surface area contributed by atoms with Crippen molar-refractivity contribution in [1.29, 1.82) is 0 Å². The van der Waals surface area contributed by atoms with Crippen molar-refractivity contribution in [2.45, 2.75) is 6.54 Å². The van der Waals surface area contributed by atoms with Gasteiger partial charge in [-0.1, -0.05) is 41.9 Å². The molecule has 0 aliphatic carbocycles. The highest BCUT2D eigenvalue weighted by atomic mass is 35.5. The maximum Gasteiger partial charge on any atom is 0.158 e. The third-order valence-corrected chi connectivity index (χ3v) is 4.51. The molecule has 0 atom stereocenters. The van der Waals surface area contributed by atoms with Crippen LogP contribution in [0.1, 0.15) is 5.56 Å². The average molecular weight is 369 g/mol. The molecule has 0 unspecified atom stereocenters. The summed E-state index contributed by atoms with van der Waals surface area (Å²) in [4.78, 5) is 0. The number of phenolic OH excluding ortho intramolecular Hbond substituents is 2. The molecule has 6 heteroatoms. The fourth-order valence-electron chi connectivity index (χ4n) is 2.93. The number of rotatable bonds is 3. The van der Waals surface area contributed by atoms with Gasteiger partial charge in [0.1, 0.15) is 11.5 Å². The molecule has 0 saturated heterocycles. The molecule has 4 nitrogen and oxygen atoms in total. The normalized spacial score (nSPS) is 11.2. The van der Waals surface area contributed by atoms with E-state index in [0.717, 1.165) is 5.56 Å². The van der Waals surface area contributed by atoms with Crippen LogP contribution in [0.25, 0.3) is 22.2 Å². The zero-order chi connectivity index (χ0) is 18.3. The van der Waals surface area contributed by atoms with Crippen LogP contribution in [0.4, 0.5) is 4.39 Å². The van der Waals surface area contributed by atoms with E-state index in [1.807, 2.05) is 30.3 Å². The lowest BCUT2D eigenvalue weighted by molar-refractivity contribution is 0.404. The third-order valence-electron chi connectivity index (χ3n) is 4.22. The minimum absolute atomic E-state index is 0.000936. The lowest BCUT2D eigenvalue weighted by atomic mass is 10.1. The number of aromatic hydroxyl groups is 2. The number of hydrogen-bond acceptors (Lipinski definition) is 3. The van der Waals surface area contributed by atoms with E-state index in [1.54, 1.807) is 10.7 Å². The van der Waals surface area contributed by atoms with Crippen LogP contribution < -0.4 is 0 Å². The van der Waals surface area contributed by atoms with Crippen LogP contribution in [-0.4, -0.2) is 20.0 Å². The van der Waals surface area contributed by atoms with E-state index < -0.39 is 5.82 Å². The Morgan fingerprint density at radius 2 is 1.73 bits per heavy atom. The van der Waals surface area contributed by atoms with E-state index in [4.69, 9.17) is 11.6 Å². The highest BCUT2D eigenvalue weighted by Gasteiger charge is 2.16. The predicted octanol–water partition coefficient (Wildman–Crippen LogP) is 4.96. The number of hydrogen-bond donors (Lipinski definition) is 2. The van der Waals surface area contributed by atoms with Crippen molar-refractivity contribution in [3.63, 3.8) is 0 Å². The molecule has 0 fully saturated rings. The highest BCUT2D eigenvalue weighted by molar-refractivity contribution is 6.31. The fraction of sp³-hybridized carbons (Fsp3) is 0.0500. The molecular weight excluding hydrogens is 355 g/mol. The first-order valence-corrected chi connectivity index (χ1v) is 8.32. The second-order valence-corrected chi connectivity index (χ2v) is 6.39. The molecule has 4 rings (SSSR count). The largest absolute Gasteiger partial charge is 0.504 e. The Bertz CT molecular complexity index is 1110. The number of halogens is 2. The Labute approximate surface area is 153 Å². The quantitative estimate of drug-likeness (QED) is 0.503.